The minimum atomic E-state index is -3.37. The van der Waals surface area contributed by atoms with Crippen molar-refractivity contribution in [2.45, 2.75) is 25.2 Å². The van der Waals surface area contributed by atoms with Gasteiger partial charge < -0.3 is 9.47 Å². The molecular weight excluding hydrogens is 292 g/mol. The molecule has 0 aliphatic carbocycles. The Morgan fingerprint density at radius 3 is 2.52 bits per heavy atom. The third kappa shape index (κ3) is 4.32. The number of ether oxygens (including phenoxy) is 2. The Labute approximate surface area is 125 Å². The Hall–Kier alpha value is -1.82. The van der Waals surface area contributed by atoms with Gasteiger partial charge in [-0.25, -0.2) is 13.2 Å². The van der Waals surface area contributed by atoms with Crippen LogP contribution in [0, 0.1) is 6.92 Å². The normalized spacial score (nSPS) is 11.6. The summed E-state index contributed by atoms with van der Waals surface area (Å²) in [5.41, 5.74) is 1.55. The number of methoxy groups -OCH3 is 1. The van der Waals surface area contributed by atoms with Crippen molar-refractivity contribution >= 4 is 15.8 Å². The maximum Gasteiger partial charge on any atom is 0.338 e. The number of rotatable bonds is 6. The second kappa shape index (κ2) is 7.26. The summed E-state index contributed by atoms with van der Waals surface area (Å²) in [5, 5.41) is 0. The molecule has 0 aliphatic rings. The van der Waals surface area contributed by atoms with Crippen molar-refractivity contribution in [2.75, 3.05) is 20.0 Å². The van der Waals surface area contributed by atoms with Gasteiger partial charge in [0.2, 0.25) is 0 Å². The van der Waals surface area contributed by atoms with Gasteiger partial charge in [0.25, 0.3) is 0 Å². The van der Waals surface area contributed by atoms with Crippen LogP contribution in [0.4, 0.5) is 0 Å². The lowest BCUT2D eigenvalue weighted by molar-refractivity contribution is 0.0599. The van der Waals surface area contributed by atoms with Crippen molar-refractivity contribution in [3.8, 4) is 0 Å². The average molecular weight is 312 g/mol. The molecule has 1 aromatic rings. The number of hydrogen-bond donors (Lipinski definition) is 0. The Kier molecular flexibility index (Phi) is 5.96. The summed E-state index contributed by atoms with van der Waals surface area (Å²) in [6, 6.07) is 2.92. The number of sulfone groups is 1. The third-order valence-electron chi connectivity index (χ3n) is 3.04. The van der Waals surface area contributed by atoms with Crippen LogP contribution >= 0.6 is 0 Å². The van der Waals surface area contributed by atoms with Crippen LogP contribution in [0.15, 0.2) is 29.4 Å². The molecule has 1 rings (SSSR count). The first-order valence-corrected chi connectivity index (χ1v) is 8.39. The second-order valence-corrected chi connectivity index (χ2v) is 6.49. The van der Waals surface area contributed by atoms with Crippen LogP contribution in [-0.4, -0.2) is 34.4 Å². The van der Waals surface area contributed by atoms with Gasteiger partial charge in [-0.1, -0.05) is 0 Å². The number of carbonyl (C=O) groups is 1. The molecule has 0 aromatic heterocycles. The van der Waals surface area contributed by atoms with Crippen LogP contribution in [0.5, 0.6) is 0 Å². The van der Waals surface area contributed by atoms with Crippen molar-refractivity contribution in [1.82, 2.24) is 0 Å². The first-order valence-electron chi connectivity index (χ1n) is 6.50. The summed E-state index contributed by atoms with van der Waals surface area (Å²) < 4.78 is 33.6. The molecule has 0 unspecified atom stereocenters. The summed E-state index contributed by atoms with van der Waals surface area (Å²) in [4.78, 5) is 11.9. The lowest BCUT2D eigenvalue weighted by Crippen LogP contribution is -2.10. The Balaban J connectivity index is 3.35. The highest BCUT2D eigenvalue weighted by Gasteiger charge is 2.19. The van der Waals surface area contributed by atoms with Gasteiger partial charge in [-0.2, -0.15) is 0 Å². The summed E-state index contributed by atoms with van der Waals surface area (Å²) in [7, 11) is -2.08. The highest BCUT2D eigenvalue weighted by atomic mass is 32.2. The Morgan fingerprint density at radius 2 is 2.00 bits per heavy atom. The number of esters is 1. The molecule has 116 valence electrons. The monoisotopic (exact) mass is 312 g/mol. The first-order chi connectivity index (χ1) is 9.82. The van der Waals surface area contributed by atoms with Crippen LogP contribution < -0.4 is 0 Å². The van der Waals surface area contributed by atoms with Crippen LogP contribution in [0.2, 0.25) is 0 Å². The largest absolute Gasteiger partial charge is 0.502 e. The molecule has 0 spiro atoms. The topological polar surface area (TPSA) is 69.7 Å². The fourth-order valence-corrected chi connectivity index (χ4v) is 2.99. The second-order valence-electron chi connectivity index (χ2n) is 4.51. The molecule has 5 nitrogen and oxygen atoms in total. The molecule has 0 fully saturated rings. The predicted molar refractivity (Wildman–Crippen MR) is 80.1 cm³/mol. The molecule has 0 saturated heterocycles. The van der Waals surface area contributed by atoms with E-state index >= 15 is 0 Å². The first kappa shape index (κ1) is 17.2. The number of allylic oxidation sites excluding steroid dienone is 1. The van der Waals surface area contributed by atoms with Crippen LogP contribution in [0.1, 0.15) is 28.4 Å². The fraction of sp³-hybridized carbons (Fsp3) is 0.400. The summed E-state index contributed by atoms with van der Waals surface area (Å²) in [6.07, 6.45) is 4.76. The Morgan fingerprint density at radius 1 is 1.33 bits per heavy atom. The molecule has 0 N–H and O–H groups in total. The molecule has 0 amide bonds. The number of benzene rings is 1. The van der Waals surface area contributed by atoms with Crippen molar-refractivity contribution < 1.29 is 22.7 Å². The SMILES string of the molecule is CCOC=CCc1c(S(C)(=O)=O)ccc(C(=O)OC)c1C. The zero-order valence-corrected chi connectivity index (χ0v) is 13.5. The molecule has 0 saturated carbocycles. The standard InChI is InChI=1S/C15H20O5S/c1-5-20-10-6-7-12-11(2)13(15(16)19-3)8-9-14(12)21(4,17)18/h6,8-10H,5,7H2,1-4H3. The molecule has 0 bridgehead atoms. The van der Waals surface area contributed by atoms with Crippen LogP contribution in [-0.2, 0) is 25.7 Å². The molecular formula is C15H20O5S. The zero-order chi connectivity index (χ0) is 16.0. The summed E-state index contributed by atoms with van der Waals surface area (Å²) >= 11 is 0. The van der Waals surface area contributed by atoms with Gasteiger partial charge in [0.1, 0.15) is 0 Å². The van der Waals surface area contributed by atoms with E-state index in [0.29, 0.717) is 29.7 Å². The van der Waals surface area contributed by atoms with Gasteiger partial charge in [0.15, 0.2) is 9.84 Å². The Bertz CT molecular complexity index is 644. The van der Waals surface area contributed by atoms with E-state index in [1.165, 1.54) is 25.5 Å². The van der Waals surface area contributed by atoms with Crippen molar-refractivity contribution in [2.24, 2.45) is 0 Å². The van der Waals surface area contributed by atoms with Gasteiger partial charge in [0.05, 0.1) is 30.4 Å². The summed E-state index contributed by atoms with van der Waals surface area (Å²) in [6.45, 7) is 4.11. The highest BCUT2D eigenvalue weighted by molar-refractivity contribution is 7.90. The van der Waals surface area contributed by atoms with E-state index in [-0.39, 0.29) is 4.90 Å². The van der Waals surface area contributed by atoms with E-state index in [0.717, 1.165) is 6.26 Å². The average Bonchev–Trinajstić information content (AvgIpc) is 2.42. The smallest absolute Gasteiger partial charge is 0.338 e. The van der Waals surface area contributed by atoms with E-state index in [4.69, 9.17) is 9.47 Å². The van der Waals surface area contributed by atoms with Gasteiger partial charge >= 0.3 is 5.97 Å². The van der Waals surface area contributed by atoms with E-state index in [2.05, 4.69) is 0 Å². The fourth-order valence-electron chi connectivity index (χ4n) is 1.99. The summed E-state index contributed by atoms with van der Waals surface area (Å²) in [5.74, 6) is -0.484. The van der Waals surface area contributed by atoms with Gasteiger partial charge in [-0.3, -0.25) is 0 Å². The minimum Gasteiger partial charge on any atom is -0.502 e. The van der Waals surface area contributed by atoms with Crippen LogP contribution in [0.3, 0.4) is 0 Å². The number of hydrogen-bond acceptors (Lipinski definition) is 5. The zero-order valence-electron chi connectivity index (χ0n) is 12.7. The van der Waals surface area contributed by atoms with E-state index in [1.54, 1.807) is 13.0 Å². The van der Waals surface area contributed by atoms with Gasteiger partial charge in [-0.15, -0.1) is 0 Å². The third-order valence-corrected chi connectivity index (χ3v) is 4.22. The van der Waals surface area contributed by atoms with Crippen LogP contribution in [0.25, 0.3) is 0 Å². The maximum absolute atomic E-state index is 11.9. The number of carbonyl (C=O) groups excluding carboxylic acids is 1. The molecule has 0 aliphatic heterocycles. The molecule has 0 radical (unpaired) electrons. The predicted octanol–water partition coefficient (Wildman–Crippen LogP) is 2.28. The molecule has 21 heavy (non-hydrogen) atoms. The van der Waals surface area contributed by atoms with Crippen molar-refractivity contribution in [3.63, 3.8) is 0 Å². The molecule has 1 aromatic carbocycles. The van der Waals surface area contributed by atoms with E-state index < -0.39 is 15.8 Å². The molecule has 0 atom stereocenters. The van der Waals surface area contributed by atoms with Gasteiger partial charge in [-0.05, 0) is 49.6 Å². The highest BCUT2D eigenvalue weighted by Crippen LogP contribution is 2.24. The quantitative estimate of drug-likeness (QED) is 0.595. The lowest BCUT2D eigenvalue weighted by atomic mass is 10.00. The molecule has 0 heterocycles. The van der Waals surface area contributed by atoms with E-state index in [9.17, 15) is 13.2 Å². The maximum atomic E-state index is 11.9. The van der Waals surface area contributed by atoms with Gasteiger partial charge in [0, 0.05) is 6.26 Å². The lowest BCUT2D eigenvalue weighted by Gasteiger charge is -2.13. The van der Waals surface area contributed by atoms with E-state index in [1.807, 2.05) is 6.92 Å². The van der Waals surface area contributed by atoms with Crippen molar-refractivity contribution in [1.29, 1.82) is 0 Å². The molecule has 6 heteroatoms. The van der Waals surface area contributed by atoms with Crippen molar-refractivity contribution in [3.05, 3.63) is 41.2 Å². The minimum absolute atomic E-state index is 0.216.